The van der Waals surface area contributed by atoms with Crippen LogP contribution in [-0.4, -0.2) is 0 Å². The molecule has 0 aliphatic heterocycles. The molecule has 0 heterocycles. The van der Waals surface area contributed by atoms with Crippen molar-refractivity contribution in [2.45, 2.75) is 0 Å². The van der Waals surface area contributed by atoms with Gasteiger partial charge in [0.1, 0.15) is 0 Å². The third-order valence-corrected chi connectivity index (χ3v) is 0.556. The summed E-state index contributed by atoms with van der Waals surface area (Å²) >= 11 is 0.750. The first-order valence-electron chi connectivity index (χ1n) is 1.87. The minimum atomic E-state index is 0. The molecule has 0 atom stereocenters. The van der Waals surface area contributed by atoms with Crippen LogP contribution in [0.25, 0.3) is 0 Å². The fourth-order valence-corrected chi connectivity index (χ4v) is 0.321. The molecule has 0 bridgehead atoms. The first-order valence-corrected chi connectivity index (χ1v) is 2.51. The molecule has 0 aliphatic carbocycles. The van der Waals surface area contributed by atoms with E-state index in [0.29, 0.717) is 0 Å². The van der Waals surface area contributed by atoms with Gasteiger partial charge in [-0.05, 0) is 0 Å². The molecule has 10 heavy (non-hydrogen) atoms. The Bertz CT molecular complexity index is 76.2. The summed E-state index contributed by atoms with van der Waals surface area (Å²) in [5, 5.41) is 0. The van der Waals surface area contributed by atoms with E-state index in [4.69, 9.17) is 3.32 Å². The zero-order chi connectivity index (χ0) is 5.54. The third kappa shape index (κ3) is 15.7. The zero-order valence-electron chi connectivity index (χ0n) is 6.79. The van der Waals surface area contributed by atoms with Gasteiger partial charge in [0.25, 0.3) is 0 Å². The van der Waals surface area contributed by atoms with Gasteiger partial charge in [-0.1, -0.05) is 0 Å². The van der Waals surface area contributed by atoms with Gasteiger partial charge in [-0.25, -0.2) is 12.1 Å². The first-order chi connectivity index (χ1) is 3.50. The maximum Gasteiger partial charge on any atom is -0.172 e. The van der Waals surface area contributed by atoms with Crippen LogP contribution in [0.3, 0.4) is 0 Å². The van der Waals surface area contributed by atoms with E-state index in [1.165, 1.54) is 0 Å². The maximum atomic E-state index is 8.25. The van der Waals surface area contributed by atoms with Crippen LogP contribution < -0.4 is 0 Å². The van der Waals surface area contributed by atoms with Crippen molar-refractivity contribution in [1.82, 2.24) is 0 Å². The van der Waals surface area contributed by atoms with Gasteiger partial charge in [-0.15, -0.1) is 0 Å². The van der Waals surface area contributed by atoms with Crippen molar-refractivity contribution in [3.63, 3.8) is 0 Å². The van der Waals surface area contributed by atoms with Crippen LogP contribution in [0.1, 0.15) is 0 Å². The molecule has 0 aromatic heterocycles. The van der Waals surface area contributed by atoms with Gasteiger partial charge >= 0.3 is 23.7 Å². The van der Waals surface area contributed by atoms with Gasteiger partial charge in [0.2, 0.25) is 0 Å². The molecular formula is C8H14OTi-4. The molecule has 0 unspecified atom stereocenters. The van der Waals surface area contributed by atoms with Crippen molar-refractivity contribution in [2.24, 2.45) is 0 Å². The molecule has 1 aromatic carbocycles. The molecule has 1 rings (SSSR count). The van der Waals surface area contributed by atoms with Crippen molar-refractivity contribution in [1.29, 1.82) is 0 Å². The molecule has 0 spiro atoms. The van der Waals surface area contributed by atoms with Crippen molar-refractivity contribution >= 4 is 0 Å². The van der Waals surface area contributed by atoms with Gasteiger partial charge in [0.15, 0.2) is 0 Å². The fourth-order valence-electron chi connectivity index (χ4n) is 0.321. The van der Waals surface area contributed by atoms with Crippen molar-refractivity contribution in [2.75, 3.05) is 0 Å². The normalized spacial score (nSPS) is 4.30. The van der Waals surface area contributed by atoms with Gasteiger partial charge < -0.3 is 22.3 Å². The minimum Gasteiger partial charge on any atom is -0.214 e. The van der Waals surface area contributed by atoms with E-state index >= 15 is 0 Å². The topological polar surface area (TPSA) is 17.1 Å². The van der Waals surface area contributed by atoms with Crippen LogP contribution in [0.2, 0.25) is 0 Å². The van der Waals surface area contributed by atoms with Gasteiger partial charge in [0.05, 0.1) is 0 Å². The van der Waals surface area contributed by atoms with Crippen molar-refractivity contribution in [3.05, 3.63) is 52.6 Å². The number of rotatable bonds is 0. The van der Waals surface area contributed by atoms with Crippen molar-refractivity contribution < 1.29 is 23.7 Å². The molecule has 1 nitrogen and oxygen atoms in total. The van der Waals surface area contributed by atoms with Crippen molar-refractivity contribution in [3.8, 4) is 0 Å². The Morgan fingerprint density at radius 2 is 1.20 bits per heavy atom. The number of hydrogen-bond acceptors (Lipinski definition) is 1. The second-order valence-electron chi connectivity index (χ2n) is 0.962. The Morgan fingerprint density at radius 3 is 1.30 bits per heavy atom. The Hall–Kier alpha value is -0.136. The number of hydrogen-bond donors (Lipinski definition) is 0. The quantitative estimate of drug-likeness (QED) is 0.436. The summed E-state index contributed by atoms with van der Waals surface area (Å²) in [7, 11) is 0. The summed E-state index contributed by atoms with van der Waals surface area (Å²) < 4.78 is 8.25. The summed E-state index contributed by atoms with van der Waals surface area (Å²) in [4.78, 5) is 0. The molecule has 0 amide bonds. The monoisotopic (exact) mass is 174 g/mol. The molecule has 0 saturated heterocycles. The van der Waals surface area contributed by atoms with E-state index in [2.05, 4.69) is 0 Å². The average molecular weight is 174 g/mol. The van der Waals surface area contributed by atoms with E-state index in [1.807, 2.05) is 30.3 Å². The predicted molar refractivity (Wildman–Crippen MR) is 42.0 cm³/mol. The summed E-state index contributed by atoms with van der Waals surface area (Å²) in [6.45, 7) is 0. The molecule has 1 aromatic rings. The second-order valence-corrected chi connectivity index (χ2v) is 0.962. The van der Waals surface area contributed by atoms with Crippen LogP contribution >= 0.6 is 0 Å². The summed E-state index contributed by atoms with van der Waals surface area (Å²) in [6.07, 6.45) is 0. The molecule has 60 valence electrons. The SMILES string of the molecule is [CH3-].[CH3-].[CH3-].[O]=[Ti].c1cc[cH-]c1. The molecule has 0 N–H and O–H groups in total. The van der Waals surface area contributed by atoms with Crippen LogP contribution in [-0.2, 0) is 23.7 Å². The fraction of sp³-hybridized carbons (Fsp3) is 0. The van der Waals surface area contributed by atoms with Gasteiger partial charge in [0, 0.05) is 0 Å². The molecule has 2 heteroatoms. The van der Waals surface area contributed by atoms with E-state index in [-0.39, 0.29) is 22.3 Å². The summed E-state index contributed by atoms with van der Waals surface area (Å²) in [5.74, 6) is 0. The Labute approximate surface area is 76.6 Å². The minimum absolute atomic E-state index is 0. The van der Waals surface area contributed by atoms with E-state index < -0.39 is 0 Å². The molecular weight excluding hydrogens is 160 g/mol. The van der Waals surface area contributed by atoms with Crippen LogP contribution in [0.15, 0.2) is 30.3 Å². The van der Waals surface area contributed by atoms with Gasteiger partial charge in [-0.2, -0.15) is 18.2 Å². The molecule has 0 radical (unpaired) electrons. The maximum absolute atomic E-state index is 8.25. The Morgan fingerprint density at radius 1 is 0.900 bits per heavy atom. The predicted octanol–water partition coefficient (Wildman–Crippen LogP) is 2.64. The third-order valence-electron chi connectivity index (χ3n) is 0.556. The smallest absolute Gasteiger partial charge is 0.172 e. The average Bonchev–Trinajstić information content (AvgIpc) is 2.23. The second kappa shape index (κ2) is 23.2. The zero-order valence-corrected chi connectivity index (χ0v) is 8.36. The van der Waals surface area contributed by atoms with Crippen LogP contribution in [0, 0.1) is 22.3 Å². The van der Waals surface area contributed by atoms with Gasteiger partial charge in [-0.3, -0.25) is 0 Å². The molecule has 0 aliphatic rings. The molecule has 0 fully saturated rings. The largest absolute Gasteiger partial charge is 0.214 e. The van der Waals surface area contributed by atoms with E-state index in [0.717, 1.165) is 20.4 Å². The first kappa shape index (κ1) is 22.5. The van der Waals surface area contributed by atoms with E-state index in [1.54, 1.807) is 0 Å². The van der Waals surface area contributed by atoms with Crippen LogP contribution in [0.4, 0.5) is 0 Å². The summed E-state index contributed by atoms with van der Waals surface area (Å²) in [5.41, 5.74) is 0. The Balaban J connectivity index is -0.0000000337. The van der Waals surface area contributed by atoms with Crippen LogP contribution in [0.5, 0.6) is 0 Å². The van der Waals surface area contributed by atoms with E-state index in [9.17, 15) is 0 Å². The standard InChI is InChI=1S/C5H5.3CH3.O.Ti/c1-2-4-5-3-1;;;;;/h1-5H;3*1H3;;/q4*-1;;. The molecule has 0 saturated carbocycles. The Kier molecular flexibility index (Phi) is 52.2. The summed E-state index contributed by atoms with van der Waals surface area (Å²) in [6, 6.07) is 10.0.